The van der Waals surface area contributed by atoms with Gasteiger partial charge in [-0.1, -0.05) is 0 Å². The lowest BCUT2D eigenvalue weighted by Gasteiger charge is -1.97. The Kier molecular flexibility index (Phi) is 3.12. The molecule has 0 aromatic carbocycles. The van der Waals surface area contributed by atoms with Gasteiger partial charge < -0.3 is 17.1 Å². The highest BCUT2D eigenvalue weighted by atomic mass is 14.7. The Morgan fingerprint density at radius 2 is 2.17 bits per heavy atom. The van der Waals surface area contributed by atoms with Gasteiger partial charge in [0.05, 0.1) is 0 Å². The lowest BCUT2D eigenvalue weighted by atomic mass is 9.85. The quantitative estimate of drug-likeness (QED) is 0.334. The molecule has 0 aromatic rings. The monoisotopic (exact) mass is 86.1 g/mol. The Morgan fingerprint density at radius 3 is 2.17 bits per heavy atom. The lowest BCUT2D eigenvalue weighted by Crippen LogP contribution is -2.39. The first kappa shape index (κ1) is 5.94. The summed E-state index contributed by atoms with van der Waals surface area (Å²) in [5, 5.41) is 0. The molecule has 6 heavy (non-hydrogen) atoms. The first-order valence-electron chi connectivity index (χ1n) is 1.82. The molecule has 0 saturated heterocycles. The molecule has 0 heterocycles. The highest BCUT2D eigenvalue weighted by Gasteiger charge is 1.92. The summed E-state index contributed by atoms with van der Waals surface area (Å²) in [6, 6.07) is 0. The van der Waals surface area contributed by atoms with Crippen LogP contribution in [0.3, 0.4) is 0 Å². The number of hydrogen-bond donors (Lipinski definition) is 3. The van der Waals surface area contributed by atoms with Crippen molar-refractivity contribution in [3.05, 3.63) is 0 Å². The summed E-state index contributed by atoms with van der Waals surface area (Å²) in [4.78, 5) is 0. The van der Waals surface area contributed by atoms with Crippen LogP contribution in [0.15, 0.2) is 0 Å². The fraction of sp³-hybridized carbons (Fsp3) is 1.00. The fourth-order valence-electron chi connectivity index (χ4n) is 0.0786. The molecule has 0 saturated carbocycles. The van der Waals surface area contributed by atoms with Gasteiger partial charge >= 0.3 is 0 Å². The summed E-state index contributed by atoms with van der Waals surface area (Å²) >= 11 is 0. The van der Waals surface area contributed by atoms with Gasteiger partial charge in [-0.25, -0.2) is 0 Å². The van der Waals surface area contributed by atoms with Crippen LogP contribution in [0, 0.1) is 0 Å². The van der Waals surface area contributed by atoms with E-state index in [4.69, 9.17) is 17.1 Å². The van der Waals surface area contributed by atoms with Crippen molar-refractivity contribution in [3.8, 4) is 0 Å². The molecular formula is C2H9BN3. The van der Waals surface area contributed by atoms with Crippen LogP contribution in [0.5, 0.6) is 0 Å². The van der Waals surface area contributed by atoms with Crippen LogP contribution in [0.25, 0.3) is 0 Å². The minimum Gasteiger partial charge on any atom is -0.373 e. The average molecular weight is 85.9 g/mol. The molecule has 0 aromatic heterocycles. The summed E-state index contributed by atoms with van der Waals surface area (Å²) in [6.45, 7) is 0.427. The van der Waals surface area contributed by atoms with Gasteiger partial charge in [0.15, 0.2) is 0 Å². The largest absolute Gasteiger partial charge is 0.373 e. The molecule has 3 nitrogen and oxygen atoms in total. The van der Waals surface area contributed by atoms with E-state index in [1.807, 2.05) is 0 Å². The molecule has 4 heteroatoms. The smallest absolute Gasteiger partial charge is 0.223 e. The number of rotatable bonds is 2. The molecule has 0 bridgehead atoms. The van der Waals surface area contributed by atoms with E-state index >= 15 is 0 Å². The zero-order chi connectivity index (χ0) is 4.99. The minimum atomic E-state index is -0.134. The fourth-order valence-corrected chi connectivity index (χ4v) is 0.0786. The minimum absolute atomic E-state index is 0.134. The number of nitrogens with two attached hydrogens (primary N) is 3. The van der Waals surface area contributed by atoms with Gasteiger partial charge in [0.2, 0.25) is 7.41 Å². The normalized spacial score (nSPS) is 13.8. The van der Waals surface area contributed by atoms with Gasteiger partial charge in [-0.2, -0.15) is 0 Å². The van der Waals surface area contributed by atoms with Crippen LogP contribution in [-0.4, -0.2) is 19.9 Å². The molecule has 0 spiro atoms. The predicted octanol–water partition coefficient (Wildman–Crippen LogP) is -2.19. The van der Waals surface area contributed by atoms with Crippen LogP contribution in [0.1, 0.15) is 0 Å². The third kappa shape index (κ3) is 2.20. The summed E-state index contributed by atoms with van der Waals surface area (Å²) in [5.41, 5.74) is 15.2. The van der Waals surface area contributed by atoms with Crippen molar-refractivity contribution in [2.24, 2.45) is 17.1 Å². The molecule has 1 unspecified atom stereocenters. The SMILES string of the molecule is N[B]C(N)CN. The standard InChI is InChI=1S/C2H9BN3/c4-1-2(5)3-6/h2H,1,4-6H2. The summed E-state index contributed by atoms with van der Waals surface area (Å²) in [5.74, 6) is -0.134. The van der Waals surface area contributed by atoms with Crippen molar-refractivity contribution < 1.29 is 0 Å². The highest BCUT2D eigenvalue weighted by Crippen LogP contribution is 1.56. The van der Waals surface area contributed by atoms with Crippen LogP contribution in [-0.2, 0) is 0 Å². The van der Waals surface area contributed by atoms with Crippen molar-refractivity contribution in [2.75, 3.05) is 6.54 Å². The van der Waals surface area contributed by atoms with Gasteiger partial charge in [0.1, 0.15) is 0 Å². The Hall–Kier alpha value is -0.0551. The maximum absolute atomic E-state index is 5.17. The van der Waals surface area contributed by atoms with Crippen molar-refractivity contribution in [1.82, 2.24) is 0 Å². The maximum Gasteiger partial charge on any atom is 0.223 e. The van der Waals surface area contributed by atoms with E-state index in [1.54, 1.807) is 0 Å². The molecule has 6 N–H and O–H groups in total. The summed E-state index contributed by atoms with van der Waals surface area (Å²) in [6.07, 6.45) is 0. The second-order valence-corrected chi connectivity index (χ2v) is 1.09. The van der Waals surface area contributed by atoms with Crippen molar-refractivity contribution >= 4 is 7.41 Å². The Balaban J connectivity index is 2.75. The molecule has 1 radical (unpaired) electrons. The third-order valence-electron chi connectivity index (χ3n) is 0.519. The summed E-state index contributed by atoms with van der Waals surface area (Å²) < 4.78 is 0. The van der Waals surface area contributed by atoms with E-state index in [9.17, 15) is 0 Å². The molecule has 0 fully saturated rings. The van der Waals surface area contributed by atoms with Crippen LogP contribution < -0.4 is 17.1 Å². The molecule has 0 aliphatic heterocycles. The van der Waals surface area contributed by atoms with E-state index < -0.39 is 0 Å². The highest BCUT2D eigenvalue weighted by molar-refractivity contribution is 6.33. The zero-order valence-corrected chi connectivity index (χ0v) is 3.59. The van der Waals surface area contributed by atoms with Crippen LogP contribution in [0.2, 0.25) is 0 Å². The Morgan fingerprint density at radius 1 is 1.67 bits per heavy atom. The first-order valence-corrected chi connectivity index (χ1v) is 1.82. The van der Waals surface area contributed by atoms with E-state index in [-0.39, 0.29) is 5.94 Å². The van der Waals surface area contributed by atoms with Crippen molar-refractivity contribution in [3.63, 3.8) is 0 Å². The zero-order valence-electron chi connectivity index (χ0n) is 3.59. The second kappa shape index (κ2) is 3.15. The molecule has 0 amide bonds. The van der Waals surface area contributed by atoms with Gasteiger partial charge in [-0.05, 0) is 0 Å². The molecule has 0 aliphatic carbocycles. The van der Waals surface area contributed by atoms with E-state index in [1.165, 1.54) is 7.41 Å². The molecule has 0 aliphatic rings. The predicted molar refractivity (Wildman–Crippen MR) is 27.0 cm³/mol. The van der Waals surface area contributed by atoms with Crippen molar-refractivity contribution in [1.29, 1.82) is 0 Å². The van der Waals surface area contributed by atoms with E-state index in [2.05, 4.69) is 0 Å². The third-order valence-corrected chi connectivity index (χ3v) is 0.519. The van der Waals surface area contributed by atoms with Crippen molar-refractivity contribution in [2.45, 2.75) is 5.94 Å². The lowest BCUT2D eigenvalue weighted by molar-refractivity contribution is 0.887. The van der Waals surface area contributed by atoms with E-state index in [0.29, 0.717) is 6.54 Å². The summed E-state index contributed by atoms with van der Waals surface area (Å²) in [7, 11) is 1.38. The molecule has 35 valence electrons. The molecule has 1 atom stereocenters. The Labute approximate surface area is 38.1 Å². The maximum atomic E-state index is 5.17. The molecular weight excluding hydrogens is 76.9 g/mol. The van der Waals surface area contributed by atoms with Gasteiger partial charge in [0.25, 0.3) is 0 Å². The van der Waals surface area contributed by atoms with E-state index in [0.717, 1.165) is 0 Å². The number of hydrogen-bond acceptors (Lipinski definition) is 3. The second-order valence-electron chi connectivity index (χ2n) is 1.09. The Bertz CT molecular complexity index is 28.0. The van der Waals surface area contributed by atoms with Gasteiger partial charge in [-0.3, -0.25) is 0 Å². The van der Waals surface area contributed by atoms with Gasteiger partial charge in [-0.15, -0.1) is 0 Å². The van der Waals surface area contributed by atoms with Gasteiger partial charge in [0, 0.05) is 12.5 Å². The average Bonchev–Trinajstić information content (AvgIpc) is 1.65. The topological polar surface area (TPSA) is 78.1 Å². The molecule has 0 rings (SSSR count). The van der Waals surface area contributed by atoms with Crippen LogP contribution in [0.4, 0.5) is 0 Å². The van der Waals surface area contributed by atoms with Crippen LogP contribution >= 0.6 is 0 Å². The first-order chi connectivity index (χ1) is 2.81.